The zero-order chi connectivity index (χ0) is 13.0. The van der Waals surface area contributed by atoms with Crippen molar-refractivity contribution in [3.8, 4) is 0 Å². The van der Waals surface area contributed by atoms with Gasteiger partial charge in [-0.1, -0.05) is 30.3 Å². The number of nitrogens with zero attached hydrogens (tertiary/aromatic N) is 2. The molecule has 1 fully saturated rings. The molecule has 2 rings (SSSR count). The fourth-order valence-corrected chi connectivity index (χ4v) is 1.75. The van der Waals surface area contributed by atoms with Gasteiger partial charge in [0.15, 0.2) is 0 Å². The molecule has 1 aliphatic rings. The monoisotopic (exact) mass is 307 g/mol. The lowest BCUT2D eigenvalue weighted by molar-refractivity contribution is -0.118. The molecular formula is C12H10BrN3O2. The Morgan fingerprint density at radius 1 is 1.33 bits per heavy atom. The SMILES string of the molecule is O=C1CN(/N=C\C(Br)=C\c2ccccc2)C(=O)N1. The number of amides is 3. The summed E-state index contributed by atoms with van der Waals surface area (Å²) in [6.07, 6.45) is 3.34. The highest BCUT2D eigenvalue weighted by atomic mass is 79.9. The molecule has 1 N–H and O–H groups in total. The van der Waals surface area contributed by atoms with Crippen molar-refractivity contribution in [1.82, 2.24) is 10.3 Å². The third kappa shape index (κ3) is 3.27. The molecule has 3 amide bonds. The average molecular weight is 308 g/mol. The minimum atomic E-state index is -0.503. The second-order valence-electron chi connectivity index (χ2n) is 3.60. The Morgan fingerprint density at radius 2 is 2.06 bits per heavy atom. The van der Waals surface area contributed by atoms with Crippen LogP contribution >= 0.6 is 15.9 Å². The molecule has 1 aromatic carbocycles. The third-order valence-corrected chi connectivity index (χ3v) is 2.63. The van der Waals surface area contributed by atoms with Gasteiger partial charge in [0.25, 0.3) is 0 Å². The van der Waals surface area contributed by atoms with E-state index in [1.54, 1.807) is 0 Å². The van der Waals surface area contributed by atoms with E-state index in [-0.39, 0.29) is 12.5 Å². The van der Waals surface area contributed by atoms with E-state index in [4.69, 9.17) is 0 Å². The van der Waals surface area contributed by atoms with E-state index in [0.717, 1.165) is 10.6 Å². The first-order valence-electron chi connectivity index (χ1n) is 5.23. The van der Waals surface area contributed by atoms with Crippen molar-refractivity contribution in [1.29, 1.82) is 0 Å². The van der Waals surface area contributed by atoms with E-state index in [1.807, 2.05) is 36.4 Å². The minimum absolute atomic E-state index is 0.0407. The van der Waals surface area contributed by atoms with Crippen LogP contribution in [0.25, 0.3) is 6.08 Å². The fourth-order valence-electron chi connectivity index (χ4n) is 1.40. The van der Waals surface area contributed by atoms with Crippen molar-refractivity contribution in [2.24, 2.45) is 5.10 Å². The molecular weight excluding hydrogens is 298 g/mol. The Balaban J connectivity index is 2.03. The summed E-state index contributed by atoms with van der Waals surface area (Å²) in [7, 11) is 0. The molecule has 5 nitrogen and oxygen atoms in total. The maximum atomic E-state index is 11.2. The van der Waals surface area contributed by atoms with Gasteiger partial charge in [-0.05, 0) is 27.6 Å². The van der Waals surface area contributed by atoms with Crippen LogP contribution in [-0.2, 0) is 4.79 Å². The number of allylic oxidation sites excluding steroid dienone is 1. The highest BCUT2D eigenvalue weighted by molar-refractivity contribution is 9.12. The molecule has 1 aliphatic heterocycles. The highest BCUT2D eigenvalue weighted by Gasteiger charge is 2.25. The van der Waals surface area contributed by atoms with Crippen LogP contribution in [0.2, 0.25) is 0 Å². The van der Waals surface area contributed by atoms with E-state index in [9.17, 15) is 9.59 Å². The molecule has 0 bridgehead atoms. The topological polar surface area (TPSA) is 61.8 Å². The smallest absolute Gasteiger partial charge is 0.275 e. The number of benzene rings is 1. The quantitative estimate of drug-likeness (QED) is 0.685. The molecule has 0 aliphatic carbocycles. The van der Waals surface area contributed by atoms with Gasteiger partial charge in [0, 0.05) is 4.48 Å². The number of urea groups is 1. The predicted octanol–water partition coefficient (Wildman–Crippen LogP) is 1.96. The molecule has 18 heavy (non-hydrogen) atoms. The largest absolute Gasteiger partial charge is 0.344 e. The predicted molar refractivity (Wildman–Crippen MR) is 72.1 cm³/mol. The van der Waals surface area contributed by atoms with Gasteiger partial charge in [0.05, 0.1) is 6.21 Å². The summed E-state index contributed by atoms with van der Waals surface area (Å²) in [5.74, 6) is -0.347. The van der Waals surface area contributed by atoms with Crippen molar-refractivity contribution in [3.63, 3.8) is 0 Å². The van der Waals surface area contributed by atoms with Gasteiger partial charge in [-0.25, -0.2) is 9.80 Å². The van der Waals surface area contributed by atoms with Crippen molar-refractivity contribution >= 4 is 40.2 Å². The number of rotatable bonds is 3. The van der Waals surface area contributed by atoms with Gasteiger partial charge in [0.1, 0.15) is 6.54 Å². The molecule has 92 valence electrons. The number of nitrogens with one attached hydrogen (secondary N) is 1. The second kappa shape index (κ2) is 5.59. The van der Waals surface area contributed by atoms with Gasteiger partial charge in [-0.15, -0.1) is 0 Å². The minimum Gasteiger partial charge on any atom is -0.275 e. The van der Waals surface area contributed by atoms with E-state index in [0.29, 0.717) is 4.48 Å². The molecule has 0 atom stereocenters. The molecule has 0 unspecified atom stereocenters. The van der Waals surface area contributed by atoms with Crippen molar-refractivity contribution in [2.45, 2.75) is 0 Å². The lowest BCUT2D eigenvalue weighted by atomic mass is 10.2. The van der Waals surface area contributed by atoms with Crippen LogP contribution < -0.4 is 5.32 Å². The van der Waals surface area contributed by atoms with E-state index >= 15 is 0 Å². The summed E-state index contributed by atoms with van der Waals surface area (Å²) < 4.78 is 0.709. The van der Waals surface area contributed by atoms with Crippen molar-refractivity contribution in [2.75, 3.05) is 6.54 Å². The maximum absolute atomic E-state index is 11.2. The zero-order valence-corrected chi connectivity index (χ0v) is 10.9. The molecule has 6 heteroatoms. The van der Waals surface area contributed by atoms with E-state index in [2.05, 4.69) is 26.3 Å². The van der Waals surface area contributed by atoms with Gasteiger partial charge in [-0.2, -0.15) is 5.10 Å². The number of carbonyl (C=O) groups is 2. The Labute approximate surface area is 112 Å². The van der Waals surface area contributed by atoms with Crippen LogP contribution in [-0.4, -0.2) is 29.7 Å². The lowest BCUT2D eigenvalue weighted by Gasteiger charge is -2.03. The molecule has 0 aromatic heterocycles. The molecule has 1 saturated heterocycles. The first-order chi connectivity index (χ1) is 8.65. The van der Waals surface area contributed by atoms with Crippen LogP contribution in [0.1, 0.15) is 5.56 Å². The highest BCUT2D eigenvalue weighted by Crippen LogP contribution is 2.10. The Hall–Kier alpha value is -1.95. The Morgan fingerprint density at radius 3 is 2.67 bits per heavy atom. The maximum Gasteiger partial charge on any atom is 0.344 e. The molecule has 0 radical (unpaired) electrons. The van der Waals surface area contributed by atoms with Crippen LogP contribution in [0.3, 0.4) is 0 Å². The summed E-state index contributed by atoms with van der Waals surface area (Å²) in [6, 6.07) is 9.17. The number of carbonyl (C=O) groups excluding carboxylic acids is 2. The number of hydrazone groups is 1. The normalized spacial score (nSPS) is 16.5. The summed E-state index contributed by atoms with van der Waals surface area (Å²) in [5, 5.41) is 7.12. The third-order valence-electron chi connectivity index (χ3n) is 2.20. The standard InChI is InChI=1S/C12H10BrN3O2/c13-10(6-9-4-2-1-3-5-9)7-14-16-8-11(17)15-12(16)18/h1-7H,8H2,(H,15,17,18)/b10-6-,14-7-. The second-order valence-corrected chi connectivity index (χ2v) is 4.51. The molecule has 1 heterocycles. The summed E-state index contributed by atoms with van der Waals surface area (Å²) in [5.41, 5.74) is 1.01. The number of imide groups is 1. The first-order valence-corrected chi connectivity index (χ1v) is 6.02. The molecule has 0 spiro atoms. The zero-order valence-electron chi connectivity index (χ0n) is 9.34. The van der Waals surface area contributed by atoms with Crippen LogP contribution in [0, 0.1) is 0 Å². The number of hydrogen-bond acceptors (Lipinski definition) is 3. The van der Waals surface area contributed by atoms with E-state index in [1.165, 1.54) is 6.21 Å². The van der Waals surface area contributed by atoms with Gasteiger partial charge in [-0.3, -0.25) is 10.1 Å². The van der Waals surface area contributed by atoms with Crippen molar-refractivity contribution in [3.05, 3.63) is 40.4 Å². The van der Waals surface area contributed by atoms with Crippen LogP contribution in [0.5, 0.6) is 0 Å². The van der Waals surface area contributed by atoms with Gasteiger partial charge < -0.3 is 0 Å². The first kappa shape index (κ1) is 12.5. The Bertz CT molecular complexity index is 525. The Kier molecular flexibility index (Phi) is 3.88. The average Bonchev–Trinajstić information content (AvgIpc) is 2.66. The van der Waals surface area contributed by atoms with Crippen LogP contribution in [0.15, 0.2) is 39.9 Å². The van der Waals surface area contributed by atoms with Crippen molar-refractivity contribution < 1.29 is 9.59 Å². The van der Waals surface area contributed by atoms with Gasteiger partial charge >= 0.3 is 6.03 Å². The van der Waals surface area contributed by atoms with Crippen LogP contribution in [0.4, 0.5) is 4.79 Å². The number of hydrogen-bond donors (Lipinski definition) is 1. The summed E-state index contributed by atoms with van der Waals surface area (Å²) in [4.78, 5) is 22.1. The molecule has 0 saturated carbocycles. The molecule has 1 aromatic rings. The fraction of sp³-hybridized carbons (Fsp3) is 0.0833. The van der Waals surface area contributed by atoms with Gasteiger partial charge in [0.2, 0.25) is 5.91 Å². The lowest BCUT2D eigenvalue weighted by Crippen LogP contribution is -2.24. The number of halogens is 1. The van der Waals surface area contributed by atoms with E-state index < -0.39 is 6.03 Å². The summed E-state index contributed by atoms with van der Waals surface area (Å²) >= 11 is 3.33. The summed E-state index contributed by atoms with van der Waals surface area (Å²) in [6.45, 7) is -0.0407.